The van der Waals surface area contributed by atoms with E-state index in [1.165, 1.54) is 0 Å². The van der Waals surface area contributed by atoms with Crippen LogP contribution < -0.4 is 0 Å². The van der Waals surface area contributed by atoms with Crippen molar-refractivity contribution in [1.82, 2.24) is 0 Å². The minimum Gasteiger partial charge on any atom is -0.481 e. The van der Waals surface area contributed by atoms with E-state index >= 15 is 0 Å². The molecule has 0 saturated heterocycles. The second-order valence-electron chi connectivity index (χ2n) is 8.84. The maximum absolute atomic E-state index is 10.6. The number of carboxylic acid groups (broad SMARTS) is 1. The van der Waals surface area contributed by atoms with Crippen molar-refractivity contribution in [2.75, 3.05) is 0 Å². The molecule has 144 valence electrons. The highest BCUT2D eigenvalue weighted by Gasteiger charge is 2.41. The van der Waals surface area contributed by atoms with Crippen molar-refractivity contribution in [3.8, 4) is 0 Å². The number of hydrogen-bond donors (Lipinski definition) is 1. The molecule has 4 atom stereocenters. The fourth-order valence-corrected chi connectivity index (χ4v) is 4.87. The Labute approximate surface area is 155 Å². The topological polar surface area (TPSA) is 46.5 Å². The Bertz CT molecular complexity index is 462. The van der Waals surface area contributed by atoms with Crippen LogP contribution in [0.25, 0.3) is 0 Å². The number of unbranched alkanes of at least 4 members (excludes halogenated alkanes) is 1. The van der Waals surface area contributed by atoms with Gasteiger partial charge in [0.15, 0.2) is 8.32 Å². The van der Waals surface area contributed by atoms with E-state index < -0.39 is 14.3 Å². The monoisotopic (exact) mass is 366 g/mol. The first-order chi connectivity index (χ1) is 11.6. The largest absolute Gasteiger partial charge is 0.481 e. The molecule has 3 nitrogen and oxygen atoms in total. The summed E-state index contributed by atoms with van der Waals surface area (Å²) in [6.07, 6.45) is 13.5. The number of hydrogen-bond acceptors (Lipinski definition) is 2. The molecule has 0 amide bonds. The summed E-state index contributed by atoms with van der Waals surface area (Å²) >= 11 is 0. The van der Waals surface area contributed by atoms with Crippen molar-refractivity contribution in [3.05, 3.63) is 24.3 Å². The van der Waals surface area contributed by atoms with Crippen LogP contribution in [0.1, 0.15) is 52.9 Å². The summed E-state index contributed by atoms with van der Waals surface area (Å²) in [5.41, 5.74) is 0. The van der Waals surface area contributed by atoms with E-state index in [1.807, 2.05) is 0 Å². The van der Waals surface area contributed by atoms with Crippen LogP contribution in [0, 0.1) is 23.7 Å². The standard InChI is InChI=1S/C21H38O3Si/c1-16(2)13-14-18-17(3)15-20(24-25(4,5)6)19(18)11-9-7-8-10-12-21(22)23/h7,9,13-14,16-20H,8,10-12,15H2,1-6H3,(H,22,23)/b9-7-,14-13?/t17-,18+,19-,20+/m1/s1. The lowest BCUT2D eigenvalue weighted by atomic mass is 9.86. The van der Waals surface area contributed by atoms with Gasteiger partial charge in [-0.05, 0) is 69.0 Å². The van der Waals surface area contributed by atoms with Gasteiger partial charge in [-0.2, -0.15) is 0 Å². The molecule has 1 N–H and O–H groups in total. The van der Waals surface area contributed by atoms with Crippen molar-refractivity contribution in [2.24, 2.45) is 23.7 Å². The molecule has 4 heteroatoms. The van der Waals surface area contributed by atoms with Crippen molar-refractivity contribution in [2.45, 2.75) is 78.6 Å². The molecular weight excluding hydrogens is 328 g/mol. The molecule has 1 aliphatic carbocycles. The van der Waals surface area contributed by atoms with Crippen LogP contribution >= 0.6 is 0 Å². The molecule has 0 heterocycles. The number of aliphatic carboxylic acids is 1. The molecule has 0 radical (unpaired) electrons. The average molecular weight is 367 g/mol. The van der Waals surface area contributed by atoms with Crippen LogP contribution in [0.5, 0.6) is 0 Å². The van der Waals surface area contributed by atoms with Gasteiger partial charge in [-0.25, -0.2) is 0 Å². The van der Waals surface area contributed by atoms with Crippen molar-refractivity contribution in [1.29, 1.82) is 0 Å². The van der Waals surface area contributed by atoms with Gasteiger partial charge in [0.1, 0.15) is 0 Å². The lowest BCUT2D eigenvalue weighted by Gasteiger charge is -2.29. The molecule has 1 fully saturated rings. The number of allylic oxidation sites excluding steroid dienone is 4. The third kappa shape index (κ3) is 8.86. The summed E-state index contributed by atoms with van der Waals surface area (Å²) in [4.78, 5) is 10.6. The molecule has 0 aromatic rings. The number of carbonyl (C=O) groups is 1. The summed E-state index contributed by atoms with van der Waals surface area (Å²) in [5.74, 6) is 1.64. The highest BCUT2D eigenvalue weighted by molar-refractivity contribution is 6.69. The zero-order chi connectivity index (χ0) is 19.0. The van der Waals surface area contributed by atoms with Gasteiger partial charge in [-0.1, -0.05) is 45.1 Å². The van der Waals surface area contributed by atoms with Gasteiger partial charge < -0.3 is 9.53 Å². The van der Waals surface area contributed by atoms with Crippen molar-refractivity contribution in [3.63, 3.8) is 0 Å². The van der Waals surface area contributed by atoms with E-state index in [9.17, 15) is 4.79 Å². The molecule has 0 bridgehead atoms. The van der Waals surface area contributed by atoms with Crippen molar-refractivity contribution >= 4 is 14.3 Å². The zero-order valence-corrected chi connectivity index (χ0v) is 18.0. The van der Waals surface area contributed by atoms with Gasteiger partial charge in [-0.15, -0.1) is 0 Å². The van der Waals surface area contributed by atoms with E-state index in [0.29, 0.717) is 29.8 Å². The van der Waals surface area contributed by atoms with Crippen LogP contribution in [0.4, 0.5) is 0 Å². The van der Waals surface area contributed by atoms with E-state index in [2.05, 4.69) is 64.7 Å². The Balaban J connectivity index is 2.72. The maximum atomic E-state index is 10.6. The van der Waals surface area contributed by atoms with Crippen LogP contribution in [0.15, 0.2) is 24.3 Å². The predicted octanol–water partition coefficient (Wildman–Crippen LogP) is 5.89. The molecule has 0 aromatic heterocycles. The molecule has 25 heavy (non-hydrogen) atoms. The third-order valence-corrected chi connectivity index (χ3v) is 5.80. The Morgan fingerprint density at radius 1 is 1.28 bits per heavy atom. The maximum Gasteiger partial charge on any atom is 0.303 e. The Kier molecular flexibility index (Phi) is 9.15. The van der Waals surface area contributed by atoms with E-state index in [0.717, 1.165) is 25.7 Å². The first kappa shape index (κ1) is 22.2. The number of rotatable bonds is 10. The fourth-order valence-electron chi connectivity index (χ4n) is 3.69. The van der Waals surface area contributed by atoms with Crippen LogP contribution in [0.2, 0.25) is 19.6 Å². The summed E-state index contributed by atoms with van der Waals surface area (Å²) in [5, 5.41) is 8.71. The molecule has 0 unspecified atom stereocenters. The second kappa shape index (κ2) is 10.3. The molecule has 0 aliphatic heterocycles. The predicted molar refractivity (Wildman–Crippen MR) is 108 cm³/mol. The minimum absolute atomic E-state index is 0.256. The average Bonchev–Trinajstić information content (AvgIpc) is 2.73. The summed E-state index contributed by atoms with van der Waals surface area (Å²) in [6, 6.07) is 0. The summed E-state index contributed by atoms with van der Waals surface area (Å²) in [6.45, 7) is 13.6. The van der Waals surface area contributed by atoms with E-state index in [4.69, 9.17) is 9.53 Å². The molecule has 1 saturated carbocycles. The highest BCUT2D eigenvalue weighted by Crippen LogP contribution is 2.43. The van der Waals surface area contributed by atoms with Crippen molar-refractivity contribution < 1.29 is 14.3 Å². The van der Waals surface area contributed by atoms with E-state index in [-0.39, 0.29) is 6.42 Å². The Hall–Kier alpha value is -0.873. The number of carboxylic acids is 1. The smallest absolute Gasteiger partial charge is 0.303 e. The van der Waals surface area contributed by atoms with E-state index in [1.54, 1.807) is 0 Å². The molecular formula is C21H38O3Si. The first-order valence-corrected chi connectivity index (χ1v) is 13.2. The lowest BCUT2D eigenvalue weighted by Crippen LogP contribution is -2.34. The third-order valence-electron chi connectivity index (χ3n) is 4.79. The normalized spacial score (nSPS) is 27.8. The van der Waals surface area contributed by atoms with Gasteiger partial charge in [0.05, 0.1) is 0 Å². The lowest BCUT2D eigenvalue weighted by molar-refractivity contribution is -0.137. The summed E-state index contributed by atoms with van der Waals surface area (Å²) < 4.78 is 6.52. The SMILES string of the molecule is CC(C)C=C[C@@H]1[C@@H](C/C=C\CCCC(=O)O)[C@@H](O[Si](C)(C)C)C[C@H]1C. The molecule has 0 spiro atoms. The molecule has 0 aromatic carbocycles. The molecule has 1 aliphatic rings. The van der Waals surface area contributed by atoms with Crippen LogP contribution in [0.3, 0.4) is 0 Å². The van der Waals surface area contributed by atoms with Gasteiger partial charge in [0.25, 0.3) is 0 Å². The molecule has 1 rings (SSSR count). The minimum atomic E-state index is -1.55. The second-order valence-corrected chi connectivity index (χ2v) is 13.3. The fraction of sp³-hybridized carbons (Fsp3) is 0.762. The van der Waals surface area contributed by atoms with Crippen LogP contribution in [-0.4, -0.2) is 25.5 Å². The quantitative estimate of drug-likeness (QED) is 0.298. The Morgan fingerprint density at radius 2 is 1.96 bits per heavy atom. The Morgan fingerprint density at radius 3 is 2.52 bits per heavy atom. The first-order valence-electron chi connectivity index (χ1n) is 9.83. The zero-order valence-electron chi connectivity index (χ0n) is 17.0. The van der Waals surface area contributed by atoms with Gasteiger partial charge in [0, 0.05) is 12.5 Å². The van der Waals surface area contributed by atoms with Gasteiger partial charge >= 0.3 is 5.97 Å². The van der Waals surface area contributed by atoms with Crippen LogP contribution in [-0.2, 0) is 9.22 Å². The summed E-state index contributed by atoms with van der Waals surface area (Å²) in [7, 11) is -1.55. The highest BCUT2D eigenvalue weighted by atomic mass is 28.4. The van der Waals surface area contributed by atoms with Gasteiger partial charge in [-0.3, -0.25) is 4.79 Å². The van der Waals surface area contributed by atoms with Gasteiger partial charge in [0.2, 0.25) is 0 Å².